The molecule has 0 saturated carbocycles. The van der Waals surface area contributed by atoms with Gasteiger partial charge in [0.15, 0.2) is 5.96 Å². The Morgan fingerprint density at radius 2 is 1.78 bits per heavy atom. The van der Waals surface area contributed by atoms with Crippen molar-refractivity contribution in [3.63, 3.8) is 0 Å². The van der Waals surface area contributed by atoms with Gasteiger partial charge in [-0.1, -0.05) is 0 Å². The normalized spacial score (nSPS) is 16.3. The van der Waals surface area contributed by atoms with Crippen LogP contribution in [0.5, 0.6) is 0 Å². The topological polar surface area (TPSA) is 90.4 Å². The molecule has 0 heterocycles. The summed E-state index contributed by atoms with van der Waals surface area (Å²) in [5.41, 5.74) is 15.7. The van der Waals surface area contributed by atoms with Crippen molar-refractivity contribution in [3.05, 3.63) is 0 Å². The van der Waals surface area contributed by atoms with Crippen LogP contribution in [-0.2, 0) is 0 Å². The molecule has 0 aliphatic carbocycles. The van der Waals surface area contributed by atoms with Crippen LogP contribution in [0.2, 0.25) is 0 Å². The number of hydrogen-bond acceptors (Lipinski definition) is 2. The van der Waals surface area contributed by atoms with Crippen LogP contribution < -0.4 is 17.2 Å². The molecule has 0 spiro atoms. The minimum atomic E-state index is 0.00657. The average Bonchev–Trinajstić information content (AvgIpc) is 1.63. The summed E-state index contributed by atoms with van der Waals surface area (Å²) in [6.07, 6.45) is 0. The van der Waals surface area contributed by atoms with Crippen LogP contribution in [0, 0.1) is 0 Å². The second-order valence-electron chi connectivity index (χ2n) is 2.15. The summed E-state index contributed by atoms with van der Waals surface area (Å²) in [6.45, 7) is 3.72. The van der Waals surface area contributed by atoms with Gasteiger partial charge in [-0.2, -0.15) is 0 Å². The Balaban J connectivity index is 3.76. The van der Waals surface area contributed by atoms with E-state index in [1.165, 1.54) is 0 Å². The first-order valence-electron chi connectivity index (χ1n) is 2.88. The van der Waals surface area contributed by atoms with E-state index in [1.54, 1.807) is 0 Å². The molecule has 0 aromatic rings. The molecule has 4 heteroatoms. The number of nitrogens with zero attached hydrogens (tertiary/aromatic N) is 1. The molecule has 4 nitrogen and oxygen atoms in total. The Morgan fingerprint density at radius 1 is 1.33 bits per heavy atom. The lowest BCUT2D eigenvalue weighted by Crippen LogP contribution is -2.32. The Hall–Kier alpha value is -0.770. The zero-order valence-corrected chi connectivity index (χ0v) is 5.83. The van der Waals surface area contributed by atoms with Gasteiger partial charge in [0.2, 0.25) is 0 Å². The first-order valence-corrected chi connectivity index (χ1v) is 2.88. The lowest BCUT2D eigenvalue weighted by Gasteiger charge is -2.09. The van der Waals surface area contributed by atoms with E-state index >= 15 is 0 Å². The van der Waals surface area contributed by atoms with Crippen LogP contribution in [0.1, 0.15) is 13.8 Å². The van der Waals surface area contributed by atoms with Crippen molar-refractivity contribution < 1.29 is 0 Å². The van der Waals surface area contributed by atoms with Crippen molar-refractivity contribution in [2.45, 2.75) is 25.9 Å². The number of rotatable bonds is 2. The Bertz CT molecular complexity index is 104. The van der Waals surface area contributed by atoms with Gasteiger partial charge in [0, 0.05) is 6.04 Å². The van der Waals surface area contributed by atoms with Crippen LogP contribution in [-0.4, -0.2) is 18.0 Å². The largest absolute Gasteiger partial charge is 0.370 e. The predicted octanol–water partition coefficient (Wildman–Crippen LogP) is -1.00. The molecule has 0 radical (unpaired) electrons. The molecule has 0 aliphatic heterocycles. The molecule has 0 saturated heterocycles. The van der Waals surface area contributed by atoms with Crippen molar-refractivity contribution >= 4 is 5.96 Å². The molecule has 0 bridgehead atoms. The monoisotopic (exact) mass is 130 g/mol. The smallest absolute Gasteiger partial charge is 0.186 e. The van der Waals surface area contributed by atoms with Crippen molar-refractivity contribution in [1.82, 2.24) is 0 Å². The third kappa shape index (κ3) is 3.78. The first-order chi connectivity index (χ1) is 4.04. The molecular weight excluding hydrogens is 116 g/mol. The zero-order chi connectivity index (χ0) is 7.44. The lowest BCUT2D eigenvalue weighted by molar-refractivity contribution is 0.604. The SMILES string of the molecule is CC(N)C(C)N=C(N)N. The van der Waals surface area contributed by atoms with Gasteiger partial charge < -0.3 is 17.2 Å². The third-order valence-electron chi connectivity index (χ3n) is 1.11. The van der Waals surface area contributed by atoms with Gasteiger partial charge in [-0.05, 0) is 13.8 Å². The molecular formula is C5H14N4. The van der Waals surface area contributed by atoms with Gasteiger partial charge in [0.1, 0.15) is 0 Å². The summed E-state index contributed by atoms with van der Waals surface area (Å²) < 4.78 is 0. The lowest BCUT2D eigenvalue weighted by atomic mass is 10.2. The molecule has 0 fully saturated rings. The molecule has 0 aromatic carbocycles. The molecule has 0 amide bonds. The molecule has 9 heavy (non-hydrogen) atoms. The van der Waals surface area contributed by atoms with E-state index in [4.69, 9.17) is 17.2 Å². The molecule has 2 unspecified atom stereocenters. The Morgan fingerprint density at radius 3 is 1.89 bits per heavy atom. The highest BCUT2D eigenvalue weighted by atomic mass is 15.0. The summed E-state index contributed by atoms with van der Waals surface area (Å²) in [6, 6.07) is 0.0158. The first kappa shape index (κ1) is 8.23. The average molecular weight is 130 g/mol. The van der Waals surface area contributed by atoms with Gasteiger partial charge >= 0.3 is 0 Å². The van der Waals surface area contributed by atoms with E-state index in [0.29, 0.717) is 0 Å². The fourth-order valence-electron chi connectivity index (χ4n) is 0.353. The molecule has 54 valence electrons. The second-order valence-corrected chi connectivity index (χ2v) is 2.15. The Kier molecular flexibility index (Phi) is 3.01. The summed E-state index contributed by atoms with van der Waals surface area (Å²) >= 11 is 0. The summed E-state index contributed by atoms with van der Waals surface area (Å²) in [7, 11) is 0. The molecule has 2 atom stereocenters. The third-order valence-corrected chi connectivity index (χ3v) is 1.11. The van der Waals surface area contributed by atoms with E-state index in [1.807, 2.05) is 13.8 Å². The van der Waals surface area contributed by atoms with Crippen molar-refractivity contribution in [2.24, 2.45) is 22.2 Å². The minimum Gasteiger partial charge on any atom is -0.370 e. The van der Waals surface area contributed by atoms with Gasteiger partial charge in [-0.25, -0.2) is 4.99 Å². The standard InChI is InChI=1S/C5H14N4/c1-3(6)4(2)9-5(7)8/h3-4H,6H2,1-2H3,(H4,7,8,9). The van der Waals surface area contributed by atoms with Gasteiger partial charge in [-0.15, -0.1) is 0 Å². The van der Waals surface area contributed by atoms with Gasteiger partial charge in [0.25, 0.3) is 0 Å². The van der Waals surface area contributed by atoms with E-state index in [0.717, 1.165) is 0 Å². The highest BCUT2D eigenvalue weighted by molar-refractivity contribution is 5.75. The summed E-state index contributed by atoms with van der Waals surface area (Å²) in [5, 5.41) is 0. The fraction of sp³-hybridized carbons (Fsp3) is 0.800. The summed E-state index contributed by atoms with van der Waals surface area (Å²) in [4.78, 5) is 3.82. The van der Waals surface area contributed by atoms with Crippen LogP contribution in [0.25, 0.3) is 0 Å². The molecule has 0 aromatic heterocycles. The van der Waals surface area contributed by atoms with E-state index < -0.39 is 0 Å². The van der Waals surface area contributed by atoms with Crippen molar-refractivity contribution in [2.75, 3.05) is 0 Å². The van der Waals surface area contributed by atoms with E-state index in [-0.39, 0.29) is 18.0 Å². The minimum absolute atomic E-state index is 0.00657. The zero-order valence-electron chi connectivity index (χ0n) is 5.83. The summed E-state index contributed by atoms with van der Waals surface area (Å²) in [5.74, 6) is 0.0970. The number of aliphatic imine (C=N–C) groups is 1. The maximum Gasteiger partial charge on any atom is 0.186 e. The highest BCUT2D eigenvalue weighted by Crippen LogP contribution is 1.91. The molecule has 6 N–H and O–H groups in total. The maximum absolute atomic E-state index is 5.47. The number of guanidine groups is 1. The van der Waals surface area contributed by atoms with Crippen molar-refractivity contribution in [3.8, 4) is 0 Å². The van der Waals surface area contributed by atoms with E-state index in [9.17, 15) is 0 Å². The predicted molar refractivity (Wildman–Crippen MR) is 38.9 cm³/mol. The maximum atomic E-state index is 5.47. The highest BCUT2D eigenvalue weighted by Gasteiger charge is 2.03. The van der Waals surface area contributed by atoms with Gasteiger partial charge in [0.05, 0.1) is 6.04 Å². The fourth-order valence-corrected chi connectivity index (χ4v) is 0.353. The number of hydrogen-bond donors (Lipinski definition) is 3. The second kappa shape index (κ2) is 3.29. The van der Waals surface area contributed by atoms with Crippen LogP contribution in [0.3, 0.4) is 0 Å². The van der Waals surface area contributed by atoms with Crippen LogP contribution >= 0.6 is 0 Å². The number of nitrogens with two attached hydrogens (primary N) is 3. The Labute approximate surface area is 55.1 Å². The van der Waals surface area contributed by atoms with Crippen LogP contribution in [0.15, 0.2) is 4.99 Å². The molecule has 0 aliphatic rings. The van der Waals surface area contributed by atoms with E-state index in [2.05, 4.69) is 4.99 Å². The van der Waals surface area contributed by atoms with Crippen LogP contribution in [0.4, 0.5) is 0 Å². The van der Waals surface area contributed by atoms with Crippen molar-refractivity contribution in [1.29, 1.82) is 0 Å². The quantitative estimate of drug-likeness (QED) is 0.330. The van der Waals surface area contributed by atoms with Gasteiger partial charge in [-0.3, -0.25) is 0 Å². The molecule has 0 rings (SSSR count).